The largest absolute Gasteiger partial charge is 0.462 e. The Hall–Kier alpha value is -2.92. The highest BCUT2D eigenvalue weighted by atomic mass is 16.6. The van der Waals surface area contributed by atoms with E-state index >= 15 is 0 Å². The highest BCUT2D eigenvalue weighted by Crippen LogP contribution is 2.12. The van der Waals surface area contributed by atoms with Crippen molar-refractivity contribution < 1.29 is 23.8 Å². The maximum atomic E-state index is 12.6. The first-order valence-electron chi connectivity index (χ1n) is 23.1. The van der Waals surface area contributed by atoms with Gasteiger partial charge < -0.3 is 14.2 Å². The zero-order valence-electron chi connectivity index (χ0n) is 36.6. The van der Waals surface area contributed by atoms with Gasteiger partial charge in [-0.05, 0) is 89.9 Å². The molecule has 0 saturated carbocycles. The van der Waals surface area contributed by atoms with E-state index in [-0.39, 0.29) is 25.2 Å². The van der Waals surface area contributed by atoms with Crippen LogP contribution in [0.2, 0.25) is 0 Å². The van der Waals surface area contributed by atoms with Crippen LogP contribution in [-0.4, -0.2) is 37.9 Å². The van der Waals surface area contributed by atoms with E-state index in [0.717, 1.165) is 96.3 Å². The molecule has 1 unspecified atom stereocenters. The molecule has 0 fully saturated rings. The second-order valence-corrected chi connectivity index (χ2v) is 14.9. The first-order chi connectivity index (χ1) is 27.6. The lowest BCUT2D eigenvalue weighted by Crippen LogP contribution is -2.30. The lowest BCUT2D eigenvalue weighted by atomic mass is 10.1. The number of carbonyl (C=O) groups is 2. The summed E-state index contributed by atoms with van der Waals surface area (Å²) in [6.45, 7) is 7.55. The monoisotopic (exact) mass is 779 g/mol. The van der Waals surface area contributed by atoms with Crippen LogP contribution >= 0.6 is 0 Å². The van der Waals surface area contributed by atoms with E-state index < -0.39 is 6.10 Å². The molecule has 0 aliphatic heterocycles. The van der Waals surface area contributed by atoms with Crippen LogP contribution < -0.4 is 0 Å². The van der Waals surface area contributed by atoms with Crippen molar-refractivity contribution in [1.29, 1.82) is 0 Å². The topological polar surface area (TPSA) is 61.8 Å². The van der Waals surface area contributed by atoms with Gasteiger partial charge in [0.15, 0.2) is 6.10 Å². The van der Waals surface area contributed by atoms with Crippen molar-refractivity contribution in [3.8, 4) is 0 Å². The molecular weight excluding hydrogens is 693 g/mol. The lowest BCUT2D eigenvalue weighted by molar-refractivity contribution is -0.163. The van der Waals surface area contributed by atoms with Crippen molar-refractivity contribution in [2.24, 2.45) is 0 Å². The summed E-state index contributed by atoms with van der Waals surface area (Å²) in [6, 6.07) is 0. The first-order valence-corrected chi connectivity index (χ1v) is 23.1. The summed E-state index contributed by atoms with van der Waals surface area (Å²) < 4.78 is 17.2. The Kier molecular flexibility index (Phi) is 44.0. The number of hydrogen-bond donors (Lipinski definition) is 0. The molecule has 56 heavy (non-hydrogen) atoms. The number of ether oxygens (including phenoxy) is 3. The molecule has 0 aromatic heterocycles. The number of carbonyl (C=O) groups excluding carboxylic acids is 2. The van der Waals surface area contributed by atoms with Crippen molar-refractivity contribution >= 4 is 11.9 Å². The second kappa shape index (κ2) is 46.5. The predicted molar refractivity (Wildman–Crippen MR) is 242 cm³/mol. The molecule has 0 aromatic rings. The SMILES string of the molecule is CC/C=C\C/C=C\C/C=C\C/C=C\C/C=C\CCCCCC(=O)OCC(COCCCCCCCC/C=C\C/C=C\CCC)OC(=O)CCCCCCCCC. The first kappa shape index (κ1) is 53.1. The molecule has 0 N–H and O–H groups in total. The van der Waals surface area contributed by atoms with Crippen LogP contribution in [0, 0.1) is 0 Å². The highest BCUT2D eigenvalue weighted by molar-refractivity contribution is 5.70. The van der Waals surface area contributed by atoms with Crippen LogP contribution in [0.3, 0.4) is 0 Å². The molecule has 0 rings (SSSR count). The van der Waals surface area contributed by atoms with Gasteiger partial charge in [-0.25, -0.2) is 0 Å². The van der Waals surface area contributed by atoms with E-state index in [1.807, 2.05) is 0 Å². The summed E-state index contributed by atoms with van der Waals surface area (Å²) in [5, 5.41) is 0. The minimum Gasteiger partial charge on any atom is -0.462 e. The summed E-state index contributed by atoms with van der Waals surface area (Å²) in [6.07, 6.45) is 60.2. The minimum absolute atomic E-state index is 0.0606. The van der Waals surface area contributed by atoms with Gasteiger partial charge >= 0.3 is 11.9 Å². The fourth-order valence-electron chi connectivity index (χ4n) is 5.98. The summed E-state index contributed by atoms with van der Waals surface area (Å²) in [4.78, 5) is 25.1. The van der Waals surface area contributed by atoms with Gasteiger partial charge in [-0.1, -0.05) is 183 Å². The van der Waals surface area contributed by atoms with Gasteiger partial charge in [-0.2, -0.15) is 0 Å². The Bertz CT molecular complexity index is 1060. The van der Waals surface area contributed by atoms with Gasteiger partial charge in [0.25, 0.3) is 0 Å². The zero-order chi connectivity index (χ0) is 40.7. The van der Waals surface area contributed by atoms with Crippen LogP contribution in [0.1, 0.15) is 201 Å². The number of hydrogen-bond acceptors (Lipinski definition) is 5. The van der Waals surface area contributed by atoms with E-state index in [9.17, 15) is 9.59 Å². The molecule has 0 saturated heterocycles. The molecule has 0 heterocycles. The van der Waals surface area contributed by atoms with Crippen LogP contribution in [0.5, 0.6) is 0 Å². The maximum absolute atomic E-state index is 12.6. The van der Waals surface area contributed by atoms with Gasteiger partial charge in [0.05, 0.1) is 6.61 Å². The Morgan fingerprint density at radius 3 is 1.38 bits per heavy atom. The fourth-order valence-corrected chi connectivity index (χ4v) is 5.98. The number of unbranched alkanes of at least 4 members (excludes halogenated alkanes) is 16. The molecular formula is C51H86O5. The quantitative estimate of drug-likeness (QED) is 0.0351. The average Bonchev–Trinajstić information content (AvgIpc) is 3.20. The van der Waals surface area contributed by atoms with Gasteiger partial charge in [-0.15, -0.1) is 0 Å². The van der Waals surface area contributed by atoms with E-state index in [2.05, 4.69) is 106 Å². The molecule has 0 spiro atoms. The molecule has 5 nitrogen and oxygen atoms in total. The molecule has 0 aliphatic rings. The summed E-state index contributed by atoms with van der Waals surface area (Å²) >= 11 is 0. The lowest BCUT2D eigenvalue weighted by Gasteiger charge is -2.18. The Labute approximate surface area is 346 Å². The molecule has 5 heteroatoms. The van der Waals surface area contributed by atoms with Crippen LogP contribution in [-0.2, 0) is 23.8 Å². The predicted octanol–water partition coefficient (Wildman–Crippen LogP) is 15.3. The van der Waals surface area contributed by atoms with Crippen LogP contribution in [0.15, 0.2) is 85.1 Å². The third kappa shape index (κ3) is 43.8. The van der Waals surface area contributed by atoms with Gasteiger partial charge in [0, 0.05) is 19.4 Å². The molecule has 0 aliphatic carbocycles. The molecule has 1 atom stereocenters. The van der Waals surface area contributed by atoms with Crippen molar-refractivity contribution in [2.75, 3.05) is 19.8 Å². The van der Waals surface area contributed by atoms with E-state index in [1.54, 1.807) is 0 Å². The smallest absolute Gasteiger partial charge is 0.306 e. The Morgan fingerprint density at radius 2 is 0.839 bits per heavy atom. The normalized spacial score (nSPS) is 13.0. The van der Waals surface area contributed by atoms with E-state index in [4.69, 9.17) is 14.2 Å². The van der Waals surface area contributed by atoms with E-state index in [1.165, 1.54) is 70.6 Å². The van der Waals surface area contributed by atoms with Crippen LogP contribution in [0.4, 0.5) is 0 Å². The van der Waals surface area contributed by atoms with Crippen molar-refractivity contribution in [2.45, 2.75) is 207 Å². The fraction of sp³-hybridized carbons (Fsp3) is 0.686. The van der Waals surface area contributed by atoms with Gasteiger partial charge in [0.1, 0.15) is 6.61 Å². The van der Waals surface area contributed by atoms with Gasteiger partial charge in [-0.3, -0.25) is 9.59 Å². The molecule has 0 radical (unpaired) electrons. The van der Waals surface area contributed by atoms with Crippen molar-refractivity contribution in [3.05, 3.63) is 85.1 Å². The number of rotatable bonds is 41. The number of esters is 2. The summed E-state index contributed by atoms with van der Waals surface area (Å²) in [5.74, 6) is -0.451. The minimum atomic E-state index is -0.554. The highest BCUT2D eigenvalue weighted by Gasteiger charge is 2.17. The molecule has 0 bridgehead atoms. The Balaban J connectivity index is 4.23. The maximum Gasteiger partial charge on any atom is 0.306 e. The third-order valence-electron chi connectivity index (χ3n) is 9.40. The Morgan fingerprint density at radius 1 is 0.411 bits per heavy atom. The summed E-state index contributed by atoms with van der Waals surface area (Å²) in [7, 11) is 0. The molecule has 320 valence electrons. The van der Waals surface area contributed by atoms with Crippen molar-refractivity contribution in [1.82, 2.24) is 0 Å². The van der Waals surface area contributed by atoms with Gasteiger partial charge in [0.2, 0.25) is 0 Å². The third-order valence-corrected chi connectivity index (χ3v) is 9.40. The second-order valence-electron chi connectivity index (χ2n) is 14.9. The van der Waals surface area contributed by atoms with E-state index in [0.29, 0.717) is 19.4 Å². The molecule has 0 aromatic carbocycles. The average molecular weight is 779 g/mol. The van der Waals surface area contributed by atoms with Crippen LogP contribution in [0.25, 0.3) is 0 Å². The zero-order valence-corrected chi connectivity index (χ0v) is 36.6. The van der Waals surface area contributed by atoms with Crippen molar-refractivity contribution in [3.63, 3.8) is 0 Å². The molecule has 0 amide bonds. The number of allylic oxidation sites excluding steroid dienone is 14. The standard InChI is InChI=1S/C51H86O5/c1-4-7-10-13-16-18-20-22-24-25-26-27-28-29-31-33-36-38-41-44-50(52)55-48-49(56-51(53)45-42-39-35-15-12-9-6-3)47-54-46-43-40-37-34-32-30-23-21-19-17-14-11-8-5-2/h7,10-11,14,16,18-19,21-22,24,26-27,29,31,49H,4-6,8-9,12-13,15,17,20,23,25,28,30,32-48H2,1-3H3/b10-7-,14-11-,18-16-,21-19-,24-22-,27-26-,31-29-. The summed E-state index contributed by atoms with van der Waals surface area (Å²) in [5.41, 5.74) is 0.